The Labute approximate surface area is 124 Å². The van der Waals surface area contributed by atoms with Crippen LogP contribution < -0.4 is 20.9 Å². The monoisotopic (exact) mass is 294 g/mol. The third-order valence-electron chi connectivity index (χ3n) is 4.15. The number of anilines is 2. The Kier molecular flexibility index (Phi) is 4.37. The second kappa shape index (κ2) is 6.42. The summed E-state index contributed by atoms with van der Waals surface area (Å²) >= 11 is 0. The first kappa shape index (κ1) is 14.3. The molecule has 3 heterocycles. The van der Waals surface area contributed by atoms with Crippen molar-refractivity contribution in [1.82, 2.24) is 14.9 Å². The van der Waals surface area contributed by atoms with Crippen LogP contribution in [0.5, 0.6) is 5.75 Å². The van der Waals surface area contributed by atoms with E-state index in [9.17, 15) is 0 Å². The third-order valence-corrected chi connectivity index (χ3v) is 4.15. The van der Waals surface area contributed by atoms with Crippen LogP contribution in [0, 0.1) is 0 Å². The number of rotatable bonds is 4. The zero-order valence-electron chi connectivity index (χ0n) is 12.3. The van der Waals surface area contributed by atoms with E-state index in [2.05, 4.69) is 25.2 Å². The van der Waals surface area contributed by atoms with Gasteiger partial charge in [0.25, 0.3) is 0 Å². The number of hydrazine groups is 1. The molecule has 0 bridgehead atoms. The maximum Gasteiger partial charge on any atom is 0.205 e. The van der Waals surface area contributed by atoms with Crippen molar-refractivity contribution in [3.05, 3.63) is 6.33 Å². The van der Waals surface area contributed by atoms with Crippen molar-refractivity contribution in [2.75, 3.05) is 56.8 Å². The number of nitrogen functional groups attached to an aromatic ring is 1. The summed E-state index contributed by atoms with van der Waals surface area (Å²) in [5.74, 6) is 7.39. The van der Waals surface area contributed by atoms with E-state index in [1.165, 1.54) is 6.33 Å². The van der Waals surface area contributed by atoms with Crippen LogP contribution in [0.2, 0.25) is 0 Å². The van der Waals surface area contributed by atoms with Gasteiger partial charge in [-0.1, -0.05) is 0 Å². The van der Waals surface area contributed by atoms with Gasteiger partial charge in [-0.2, -0.15) is 0 Å². The largest absolute Gasteiger partial charge is 0.490 e. The Bertz CT molecular complexity index is 480. The lowest BCUT2D eigenvalue weighted by molar-refractivity contribution is 0.0209. The van der Waals surface area contributed by atoms with Crippen LogP contribution in [0.3, 0.4) is 0 Å². The van der Waals surface area contributed by atoms with Crippen LogP contribution in [0.4, 0.5) is 11.6 Å². The highest BCUT2D eigenvalue weighted by atomic mass is 16.5. The van der Waals surface area contributed by atoms with E-state index < -0.39 is 0 Å². The molecular formula is C13H22N6O2. The summed E-state index contributed by atoms with van der Waals surface area (Å²) in [6, 6.07) is 0.544. The van der Waals surface area contributed by atoms with Gasteiger partial charge in [-0.15, -0.1) is 0 Å². The fourth-order valence-electron chi connectivity index (χ4n) is 3.06. The summed E-state index contributed by atoms with van der Waals surface area (Å²) in [5, 5.41) is 0. The molecule has 0 radical (unpaired) electrons. The van der Waals surface area contributed by atoms with E-state index in [1.807, 2.05) is 0 Å². The molecule has 8 heteroatoms. The van der Waals surface area contributed by atoms with Crippen LogP contribution in [0.25, 0.3) is 0 Å². The van der Waals surface area contributed by atoms with Crippen molar-refractivity contribution < 1.29 is 9.47 Å². The first-order valence-electron chi connectivity index (χ1n) is 7.26. The van der Waals surface area contributed by atoms with E-state index in [1.54, 1.807) is 7.11 Å². The third kappa shape index (κ3) is 2.87. The van der Waals surface area contributed by atoms with Gasteiger partial charge in [0, 0.05) is 32.2 Å². The highest BCUT2D eigenvalue weighted by Gasteiger charge is 2.31. The number of nitrogens with two attached hydrogens (primary N) is 1. The summed E-state index contributed by atoms with van der Waals surface area (Å²) in [4.78, 5) is 13.2. The van der Waals surface area contributed by atoms with Crippen LogP contribution in [0.15, 0.2) is 6.33 Å². The molecule has 3 rings (SSSR count). The van der Waals surface area contributed by atoms with Crippen molar-refractivity contribution >= 4 is 11.6 Å². The summed E-state index contributed by atoms with van der Waals surface area (Å²) in [7, 11) is 1.61. The first-order valence-corrected chi connectivity index (χ1v) is 7.26. The lowest BCUT2D eigenvalue weighted by Gasteiger charge is -2.32. The van der Waals surface area contributed by atoms with E-state index >= 15 is 0 Å². The topological polar surface area (TPSA) is 88.8 Å². The molecule has 0 amide bonds. The molecule has 3 N–H and O–H groups in total. The lowest BCUT2D eigenvalue weighted by Crippen LogP contribution is -2.44. The zero-order chi connectivity index (χ0) is 14.7. The van der Waals surface area contributed by atoms with E-state index in [0.717, 1.165) is 51.6 Å². The van der Waals surface area contributed by atoms with Gasteiger partial charge in [-0.05, 0) is 6.42 Å². The Balaban J connectivity index is 1.73. The van der Waals surface area contributed by atoms with Crippen LogP contribution >= 0.6 is 0 Å². The fraction of sp³-hybridized carbons (Fsp3) is 0.692. The van der Waals surface area contributed by atoms with Gasteiger partial charge >= 0.3 is 0 Å². The van der Waals surface area contributed by atoms with Crippen molar-refractivity contribution in [1.29, 1.82) is 0 Å². The normalized spacial score (nSPS) is 23.3. The maximum absolute atomic E-state index is 5.48. The summed E-state index contributed by atoms with van der Waals surface area (Å²) in [6.07, 6.45) is 2.63. The van der Waals surface area contributed by atoms with Gasteiger partial charge in [-0.3, -0.25) is 4.90 Å². The molecule has 0 saturated carbocycles. The Morgan fingerprint density at radius 1 is 1.33 bits per heavy atom. The number of ether oxygens (including phenoxy) is 2. The van der Waals surface area contributed by atoms with Crippen molar-refractivity contribution in [2.45, 2.75) is 12.5 Å². The predicted octanol–water partition coefficient (Wildman–Crippen LogP) is -0.318. The van der Waals surface area contributed by atoms with Gasteiger partial charge in [0.1, 0.15) is 6.33 Å². The number of nitrogens with one attached hydrogen (secondary N) is 1. The molecule has 1 aromatic rings. The molecule has 2 aliphatic rings. The van der Waals surface area contributed by atoms with Crippen LogP contribution in [-0.2, 0) is 4.74 Å². The second-order valence-corrected chi connectivity index (χ2v) is 5.26. The zero-order valence-corrected chi connectivity index (χ0v) is 12.3. The average Bonchev–Trinajstić information content (AvgIpc) is 3.04. The molecule has 1 atom stereocenters. The number of methoxy groups -OCH3 is 1. The molecule has 0 aromatic carbocycles. The van der Waals surface area contributed by atoms with Gasteiger partial charge in [-0.25, -0.2) is 15.8 Å². The molecule has 116 valence electrons. The van der Waals surface area contributed by atoms with E-state index in [-0.39, 0.29) is 0 Å². The minimum absolute atomic E-state index is 0.511. The van der Waals surface area contributed by atoms with E-state index in [4.69, 9.17) is 15.3 Å². The first-order chi connectivity index (χ1) is 10.3. The number of morpholine rings is 1. The summed E-state index contributed by atoms with van der Waals surface area (Å²) < 4.78 is 10.8. The van der Waals surface area contributed by atoms with Crippen molar-refractivity contribution in [3.63, 3.8) is 0 Å². The van der Waals surface area contributed by atoms with Gasteiger partial charge in [0.2, 0.25) is 5.75 Å². The Morgan fingerprint density at radius 2 is 2.14 bits per heavy atom. The molecule has 0 aliphatic carbocycles. The quantitative estimate of drug-likeness (QED) is 0.577. The summed E-state index contributed by atoms with van der Waals surface area (Å²) in [6.45, 7) is 5.57. The van der Waals surface area contributed by atoms with Gasteiger partial charge in [0.15, 0.2) is 11.6 Å². The van der Waals surface area contributed by atoms with Crippen LogP contribution in [0.1, 0.15) is 6.42 Å². The Hall–Kier alpha value is -1.64. The highest BCUT2D eigenvalue weighted by Crippen LogP contribution is 2.33. The molecule has 2 aliphatic heterocycles. The predicted molar refractivity (Wildman–Crippen MR) is 79.4 cm³/mol. The van der Waals surface area contributed by atoms with Crippen LogP contribution in [-0.4, -0.2) is 67.4 Å². The standard InChI is InChI=1S/C13H22N6O2/c1-20-11-12(17-14)15-9-16-13(11)19-3-2-10(8-19)18-4-6-21-7-5-18/h9-10H,2-8,14H2,1H3,(H,15,16,17). The minimum Gasteiger partial charge on any atom is -0.490 e. The molecule has 2 saturated heterocycles. The smallest absolute Gasteiger partial charge is 0.205 e. The molecule has 1 unspecified atom stereocenters. The van der Waals surface area contributed by atoms with Crippen molar-refractivity contribution in [3.8, 4) is 5.75 Å². The number of hydrogen-bond donors (Lipinski definition) is 2. The lowest BCUT2D eigenvalue weighted by atomic mass is 10.2. The average molecular weight is 294 g/mol. The molecule has 2 fully saturated rings. The minimum atomic E-state index is 0.511. The second-order valence-electron chi connectivity index (χ2n) is 5.26. The molecule has 1 aromatic heterocycles. The fourth-order valence-corrected chi connectivity index (χ4v) is 3.06. The molecular weight excluding hydrogens is 272 g/mol. The number of hydrogen-bond acceptors (Lipinski definition) is 8. The van der Waals surface area contributed by atoms with Gasteiger partial charge < -0.3 is 19.8 Å². The Morgan fingerprint density at radius 3 is 2.86 bits per heavy atom. The number of nitrogens with zero attached hydrogens (tertiary/aromatic N) is 4. The molecule has 8 nitrogen and oxygen atoms in total. The molecule has 0 spiro atoms. The SMILES string of the molecule is COc1c(NN)ncnc1N1CCC(N2CCOCC2)C1. The van der Waals surface area contributed by atoms with Gasteiger partial charge in [0.05, 0.1) is 20.3 Å². The van der Waals surface area contributed by atoms with Crippen molar-refractivity contribution in [2.24, 2.45) is 5.84 Å². The summed E-state index contributed by atoms with van der Waals surface area (Å²) in [5.41, 5.74) is 2.56. The van der Waals surface area contributed by atoms with E-state index in [0.29, 0.717) is 17.6 Å². The number of aromatic nitrogens is 2. The molecule has 21 heavy (non-hydrogen) atoms. The highest BCUT2D eigenvalue weighted by molar-refractivity contribution is 5.64. The maximum atomic E-state index is 5.48.